The third-order valence-corrected chi connectivity index (χ3v) is 2.66. The van der Waals surface area contributed by atoms with Crippen molar-refractivity contribution in [1.82, 2.24) is 0 Å². The van der Waals surface area contributed by atoms with Gasteiger partial charge in [-0.1, -0.05) is 23.7 Å². The Labute approximate surface area is 121 Å². The van der Waals surface area contributed by atoms with Gasteiger partial charge in [-0.25, -0.2) is 4.79 Å². The highest BCUT2D eigenvalue weighted by Gasteiger charge is 2.09. The Hall–Kier alpha value is -2.33. The molecule has 0 bridgehead atoms. The number of benzene rings is 2. The number of nitrogens with one attached hydrogen (secondary N) is 1. The van der Waals surface area contributed by atoms with Gasteiger partial charge in [0, 0.05) is 23.7 Å². The molecule has 4 nitrogen and oxygen atoms in total. The highest BCUT2D eigenvalue weighted by atomic mass is 35.5. The highest BCUT2D eigenvalue weighted by Crippen LogP contribution is 2.19. The number of hydrogen-bond acceptors (Lipinski definition) is 3. The molecule has 1 amide bonds. The van der Waals surface area contributed by atoms with Crippen molar-refractivity contribution in [2.45, 2.75) is 6.92 Å². The van der Waals surface area contributed by atoms with Gasteiger partial charge in [-0.05, 0) is 30.3 Å². The summed E-state index contributed by atoms with van der Waals surface area (Å²) >= 11 is 5.82. The van der Waals surface area contributed by atoms with Gasteiger partial charge >= 0.3 is 5.97 Å². The van der Waals surface area contributed by atoms with Crippen molar-refractivity contribution in [3.63, 3.8) is 0 Å². The van der Waals surface area contributed by atoms with Crippen LogP contribution in [0.2, 0.25) is 5.02 Å². The summed E-state index contributed by atoms with van der Waals surface area (Å²) in [5.74, 6) is -0.350. The van der Waals surface area contributed by atoms with E-state index in [0.717, 1.165) is 0 Å². The molecule has 5 heteroatoms. The second-order valence-corrected chi connectivity index (χ2v) is 4.55. The van der Waals surface area contributed by atoms with E-state index >= 15 is 0 Å². The predicted octanol–water partition coefficient (Wildman–Crippen LogP) is 3.52. The van der Waals surface area contributed by atoms with E-state index < -0.39 is 5.97 Å². The van der Waals surface area contributed by atoms with Gasteiger partial charge < -0.3 is 10.1 Å². The van der Waals surface area contributed by atoms with E-state index in [1.165, 1.54) is 13.0 Å². The summed E-state index contributed by atoms with van der Waals surface area (Å²) < 4.78 is 5.23. The fourth-order valence-corrected chi connectivity index (χ4v) is 1.81. The molecule has 0 spiro atoms. The minimum absolute atomic E-state index is 0.191. The molecule has 0 saturated carbocycles. The first kappa shape index (κ1) is 14.1. The van der Waals surface area contributed by atoms with Gasteiger partial charge in [-0.3, -0.25) is 4.79 Å². The summed E-state index contributed by atoms with van der Waals surface area (Å²) in [5, 5.41) is 3.08. The van der Waals surface area contributed by atoms with Crippen molar-refractivity contribution < 1.29 is 14.3 Å². The molecule has 0 saturated heterocycles. The molecule has 2 rings (SSSR count). The zero-order valence-corrected chi connectivity index (χ0v) is 11.5. The first-order chi connectivity index (χ1) is 9.54. The second kappa shape index (κ2) is 6.21. The molecular formula is C15H12ClNO3. The minimum atomic E-state index is -0.507. The van der Waals surface area contributed by atoms with Gasteiger partial charge in [0.1, 0.15) is 5.75 Å². The Balaban J connectivity index is 2.13. The summed E-state index contributed by atoms with van der Waals surface area (Å²) in [7, 11) is 0. The lowest BCUT2D eigenvalue weighted by Crippen LogP contribution is -2.09. The molecule has 0 aliphatic rings. The molecule has 1 N–H and O–H groups in total. The number of rotatable bonds is 3. The van der Waals surface area contributed by atoms with Crippen LogP contribution in [0.3, 0.4) is 0 Å². The van der Waals surface area contributed by atoms with E-state index in [4.69, 9.17) is 16.3 Å². The predicted molar refractivity (Wildman–Crippen MR) is 77.2 cm³/mol. The summed E-state index contributed by atoms with van der Waals surface area (Å²) in [6, 6.07) is 13.1. The molecule has 102 valence electrons. The first-order valence-electron chi connectivity index (χ1n) is 5.90. The van der Waals surface area contributed by atoms with Gasteiger partial charge in [-0.2, -0.15) is 0 Å². The quantitative estimate of drug-likeness (QED) is 0.695. The summed E-state index contributed by atoms with van der Waals surface area (Å²) in [6.45, 7) is 1.41. The van der Waals surface area contributed by atoms with E-state index in [1.807, 2.05) is 0 Å². The Morgan fingerprint density at radius 3 is 2.55 bits per heavy atom. The number of anilines is 1. The van der Waals surface area contributed by atoms with E-state index in [0.29, 0.717) is 22.0 Å². The molecule has 0 aliphatic heterocycles. The topological polar surface area (TPSA) is 55.4 Å². The number of hydrogen-bond donors (Lipinski definition) is 1. The maximum Gasteiger partial charge on any atom is 0.343 e. The van der Waals surface area contributed by atoms with Crippen molar-refractivity contribution in [2.24, 2.45) is 0 Å². The minimum Gasteiger partial charge on any atom is -0.423 e. The van der Waals surface area contributed by atoms with Crippen LogP contribution in [-0.4, -0.2) is 11.9 Å². The van der Waals surface area contributed by atoms with Crippen LogP contribution in [0.4, 0.5) is 5.69 Å². The highest BCUT2D eigenvalue weighted by molar-refractivity contribution is 6.30. The largest absolute Gasteiger partial charge is 0.423 e. The number of carbonyl (C=O) groups excluding carboxylic acids is 2. The van der Waals surface area contributed by atoms with Crippen LogP contribution in [0.5, 0.6) is 5.75 Å². The van der Waals surface area contributed by atoms with Gasteiger partial charge in [0.15, 0.2) is 0 Å². The molecular weight excluding hydrogens is 278 g/mol. The molecule has 2 aromatic rings. The molecule has 0 unspecified atom stereocenters. The zero-order valence-electron chi connectivity index (χ0n) is 10.7. The van der Waals surface area contributed by atoms with Crippen molar-refractivity contribution in [2.75, 3.05) is 5.32 Å². The monoisotopic (exact) mass is 289 g/mol. The lowest BCUT2D eigenvalue weighted by molar-refractivity contribution is -0.114. The average Bonchev–Trinajstić information content (AvgIpc) is 2.38. The number of halogens is 1. The summed E-state index contributed by atoms with van der Waals surface area (Å²) in [5.41, 5.74) is 0.927. The SMILES string of the molecule is CC(=O)Nc1cccc(OC(=O)c2cccc(Cl)c2)c1. The van der Waals surface area contributed by atoms with Crippen LogP contribution in [-0.2, 0) is 4.79 Å². The van der Waals surface area contributed by atoms with Crippen LogP contribution in [0, 0.1) is 0 Å². The Bertz CT molecular complexity index is 655. The summed E-state index contributed by atoms with van der Waals surface area (Å²) in [4.78, 5) is 22.9. The number of esters is 1. The number of ether oxygens (including phenoxy) is 1. The lowest BCUT2D eigenvalue weighted by Gasteiger charge is -2.07. The van der Waals surface area contributed by atoms with Crippen LogP contribution in [0.15, 0.2) is 48.5 Å². The molecule has 0 fully saturated rings. The molecule has 20 heavy (non-hydrogen) atoms. The molecule has 2 aromatic carbocycles. The summed E-state index contributed by atoms with van der Waals surface area (Å²) in [6.07, 6.45) is 0. The van der Waals surface area contributed by atoms with Crippen LogP contribution in [0.1, 0.15) is 17.3 Å². The maximum atomic E-state index is 11.9. The van der Waals surface area contributed by atoms with Gasteiger partial charge in [-0.15, -0.1) is 0 Å². The van der Waals surface area contributed by atoms with Crippen LogP contribution < -0.4 is 10.1 Å². The number of carbonyl (C=O) groups is 2. The van der Waals surface area contributed by atoms with Gasteiger partial charge in [0.25, 0.3) is 0 Å². The molecule has 0 atom stereocenters. The Kier molecular flexibility index (Phi) is 4.38. The van der Waals surface area contributed by atoms with E-state index in [-0.39, 0.29) is 5.91 Å². The van der Waals surface area contributed by atoms with Crippen molar-refractivity contribution in [3.05, 3.63) is 59.1 Å². The third-order valence-electron chi connectivity index (χ3n) is 2.43. The van der Waals surface area contributed by atoms with Gasteiger partial charge in [0.05, 0.1) is 5.56 Å². The van der Waals surface area contributed by atoms with Crippen LogP contribution >= 0.6 is 11.6 Å². The van der Waals surface area contributed by atoms with Crippen LogP contribution in [0.25, 0.3) is 0 Å². The average molecular weight is 290 g/mol. The molecule has 0 heterocycles. The van der Waals surface area contributed by atoms with E-state index in [1.54, 1.807) is 42.5 Å². The second-order valence-electron chi connectivity index (χ2n) is 4.11. The van der Waals surface area contributed by atoms with Gasteiger partial charge in [0.2, 0.25) is 5.91 Å². The maximum absolute atomic E-state index is 11.9. The fourth-order valence-electron chi connectivity index (χ4n) is 1.62. The van der Waals surface area contributed by atoms with Crippen molar-refractivity contribution in [1.29, 1.82) is 0 Å². The lowest BCUT2D eigenvalue weighted by atomic mass is 10.2. The normalized spacial score (nSPS) is 9.90. The van der Waals surface area contributed by atoms with E-state index in [2.05, 4.69) is 5.32 Å². The standard InChI is InChI=1S/C15H12ClNO3/c1-10(18)17-13-6-3-7-14(9-13)20-15(19)11-4-2-5-12(16)8-11/h2-9H,1H3,(H,17,18). The van der Waals surface area contributed by atoms with Crippen molar-refractivity contribution in [3.8, 4) is 5.75 Å². The Morgan fingerprint density at radius 1 is 1.10 bits per heavy atom. The zero-order chi connectivity index (χ0) is 14.5. The van der Waals surface area contributed by atoms with Crippen molar-refractivity contribution >= 4 is 29.2 Å². The molecule has 0 aliphatic carbocycles. The third kappa shape index (κ3) is 3.83. The number of amides is 1. The fraction of sp³-hybridized carbons (Fsp3) is 0.0667. The molecule has 0 radical (unpaired) electrons. The van der Waals surface area contributed by atoms with E-state index in [9.17, 15) is 9.59 Å². The first-order valence-corrected chi connectivity index (χ1v) is 6.28. The molecule has 0 aromatic heterocycles. The smallest absolute Gasteiger partial charge is 0.343 e. The Morgan fingerprint density at radius 2 is 1.85 bits per heavy atom.